The molecule has 0 amide bonds. The van der Waals surface area contributed by atoms with Gasteiger partial charge in [-0.3, -0.25) is 0 Å². The van der Waals surface area contributed by atoms with Crippen molar-refractivity contribution in [2.45, 2.75) is 75.9 Å². The van der Waals surface area contributed by atoms with E-state index in [1.54, 1.807) is 6.26 Å². The summed E-state index contributed by atoms with van der Waals surface area (Å²) in [5, 5.41) is 22.2. The van der Waals surface area contributed by atoms with Gasteiger partial charge < -0.3 is 19.4 Å². The van der Waals surface area contributed by atoms with Crippen LogP contribution in [0.1, 0.15) is 69.8 Å². The van der Waals surface area contributed by atoms with Crippen molar-refractivity contribution in [3.8, 4) is 0 Å². The Labute approximate surface area is 170 Å². The van der Waals surface area contributed by atoms with E-state index in [1.165, 1.54) is 6.07 Å². The highest BCUT2D eigenvalue weighted by molar-refractivity contribution is 5.67. The molecule has 0 radical (unpaired) electrons. The van der Waals surface area contributed by atoms with Crippen LogP contribution in [0.3, 0.4) is 0 Å². The van der Waals surface area contributed by atoms with Crippen LogP contribution in [0.5, 0.6) is 0 Å². The third kappa shape index (κ3) is 2.46. The lowest BCUT2D eigenvalue weighted by atomic mass is 9.45. The molecule has 5 heteroatoms. The normalized spacial score (nSPS) is 46.2. The number of allylic oxidation sites excluding steroid dienone is 1. The first-order valence-corrected chi connectivity index (χ1v) is 11.0. The maximum atomic E-state index is 12.4. The van der Waals surface area contributed by atoms with E-state index in [-0.39, 0.29) is 28.8 Å². The van der Waals surface area contributed by atoms with Crippen LogP contribution in [0.15, 0.2) is 39.3 Å². The molecule has 3 fully saturated rings. The molecule has 0 spiro atoms. The lowest BCUT2D eigenvalue weighted by molar-refractivity contribution is -0.179. The Morgan fingerprint density at radius 2 is 1.93 bits per heavy atom. The average molecular weight is 398 g/mol. The van der Waals surface area contributed by atoms with Crippen LogP contribution < -0.4 is 5.63 Å². The molecule has 1 aromatic rings. The van der Waals surface area contributed by atoms with Crippen LogP contribution in [-0.2, 0) is 4.79 Å². The predicted molar refractivity (Wildman–Crippen MR) is 107 cm³/mol. The second kappa shape index (κ2) is 6.39. The molecule has 0 aliphatic heterocycles. The van der Waals surface area contributed by atoms with E-state index in [0.717, 1.165) is 49.5 Å². The van der Waals surface area contributed by atoms with Crippen LogP contribution in [0.4, 0.5) is 0 Å². The Morgan fingerprint density at radius 1 is 1.10 bits per heavy atom. The Kier molecular flexibility index (Phi) is 4.24. The summed E-state index contributed by atoms with van der Waals surface area (Å²) in [6.07, 6.45) is 10.4. The zero-order chi connectivity index (χ0) is 20.4. The van der Waals surface area contributed by atoms with E-state index >= 15 is 0 Å². The molecule has 5 nitrogen and oxygen atoms in total. The van der Waals surface area contributed by atoms with Gasteiger partial charge in [0, 0.05) is 11.5 Å². The Balaban J connectivity index is 1.53. The number of aldehydes is 1. The predicted octanol–water partition coefficient (Wildman–Crippen LogP) is 3.34. The Hall–Kier alpha value is -1.72. The van der Waals surface area contributed by atoms with Crippen molar-refractivity contribution >= 4 is 6.29 Å². The minimum absolute atomic E-state index is 0.0829. The Morgan fingerprint density at radius 3 is 2.66 bits per heavy atom. The smallest absolute Gasteiger partial charge is 0.335 e. The minimum atomic E-state index is -0.825. The second-order valence-corrected chi connectivity index (χ2v) is 10.1. The molecule has 0 aromatic carbocycles. The van der Waals surface area contributed by atoms with Crippen LogP contribution in [0, 0.1) is 22.7 Å². The average Bonchev–Trinajstić information content (AvgIpc) is 3.00. The monoisotopic (exact) mass is 398 g/mol. The van der Waals surface area contributed by atoms with Crippen LogP contribution in [0.2, 0.25) is 0 Å². The molecule has 156 valence electrons. The van der Waals surface area contributed by atoms with Gasteiger partial charge in [-0.05, 0) is 80.8 Å². The molecule has 0 bridgehead atoms. The van der Waals surface area contributed by atoms with Gasteiger partial charge >= 0.3 is 5.63 Å². The summed E-state index contributed by atoms with van der Waals surface area (Å²) in [4.78, 5) is 23.8. The third-order valence-electron chi connectivity index (χ3n) is 9.21. The van der Waals surface area contributed by atoms with Gasteiger partial charge in [-0.2, -0.15) is 0 Å². The summed E-state index contributed by atoms with van der Waals surface area (Å²) in [5.74, 6) is 0.368. The molecule has 5 rings (SSSR count). The summed E-state index contributed by atoms with van der Waals surface area (Å²) in [5.41, 5.74) is 0.0938. The van der Waals surface area contributed by atoms with Gasteiger partial charge in [0.2, 0.25) is 0 Å². The summed E-state index contributed by atoms with van der Waals surface area (Å²) in [6, 6.07) is 3.31. The summed E-state index contributed by atoms with van der Waals surface area (Å²) in [6.45, 7) is 2.19. The van der Waals surface area contributed by atoms with Crippen molar-refractivity contribution in [3.05, 3.63) is 46.0 Å². The number of fused-ring (bicyclic) bond motifs is 5. The molecule has 2 N–H and O–H groups in total. The lowest BCUT2D eigenvalue weighted by Gasteiger charge is -2.61. The quantitative estimate of drug-likeness (QED) is 0.589. The van der Waals surface area contributed by atoms with Crippen molar-refractivity contribution in [2.24, 2.45) is 22.7 Å². The molecule has 4 aliphatic rings. The number of carbonyl (C=O) groups is 1. The van der Waals surface area contributed by atoms with Gasteiger partial charge in [-0.15, -0.1) is 0 Å². The van der Waals surface area contributed by atoms with Crippen LogP contribution >= 0.6 is 0 Å². The fourth-order valence-electron chi connectivity index (χ4n) is 7.71. The molecule has 0 saturated heterocycles. The number of aliphatic hydroxyl groups excluding tert-OH is 1. The minimum Gasteiger partial charge on any atom is -0.431 e. The number of carbonyl (C=O) groups excluding carboxylic acids is 1. The van der Waals surface area contributed by atoms with Crippen molar-refractivity contribution in [3.63, 3.8) is 0 Å². The summed E-state index contributed by atoms with van der Waals surface area (Å²) in [7, 11) is 0. The fraction of sp³-hybridized carbons (Fsp3) is 0.667. The van der Waals surface area contributed by atoms with Crippen molar-refractivity contribution in [2.75, 3.05) is 0 Å². The maximum Gasteiger partial charge on any atom is 0.335 e. The van der Waals surface area contributed by atoms with E-state index in [1.807, 2.05) is 12.1 Å². The third-order valence-corrected chi connectivity index (χ3v) is 9.21. The first kappa shape index (κ1) is 19.3. The molecular formula is C24H30O5. The van der Waals surface area contributed by atoms with E-state index in [9.17, 15) is 19.8 Å². The molecule has 7 atom stereocenters. The first-order valence-electron chi connectivity index (χ1n) is 11.0. The first-order chi connectivity index (χ1) is 13.8. The van der Waals surface area contributed by atoms with Gasteiger partial charge in [-0.25, -0.2) is 4.79 Å². The second-order valence-electron chi connectivity index (χ2n) is 10.1. The number of rotatable bonds is 2. The van der Waals surface area contributed by atoms with Gasteiger partial charge in [0.25, 0.3) is 0 Å². The molecular weight excluding hydrogens is 368 g/mol. The van der Waals surface area contributed by atoms with E-state index < -0.39 is 17.1 Å². The fourth-order valence-corrected chi connectivity index (χ4v) is 7.71. The Bertz CT molecular complexity index is 898. The summed E-state index contributed by atoms with van der Waals surface area (Å²) >= 11 is 0. The zero-order valence-corrected chi connectivity index (χ0v) is 17.0. The molecule has 4 aliphatic carbocycles. The topological polar surface area (TPSA) is 87.7 Å². The van der Waals surface area contributed by atoms with Crippen LogP contribution in [0.25, 0.3) is 0 Å². The number of aliphatic hydroxyl groups is 2. The van der Waals surface area contributed by atoms with E-state index in [2.05, 4.69) is 6.92 Å². The molecule has 1 heterocycles. The van der Waals surface area contributed by atoms with Crippen LogP contribution in [-0.4, -0.2) is 28.2 Å². The van der Waals surface area contributed by atoms with E-state index in [4.69, 9.17) is 4.42 Å². The molecule has 7 unspecified atom stereocenters. The van der Waals surface area contributed by atoms with Gasteiger partial charge in [-0.1, -0.05) is 18.6 Å². The SMILES string of the molecule is CC12CCC3C(CCC4=CC(O)CCC43C=O)C1(O)CCC2c1ccc(=O)oc1. The molecule has 3 saturated carbocycles. The maximum absolute atomic E-state index is 12.4. The highest BCUT2D eigenvalue weighted by Crippen LogP contribution is 2.69. The van der Waals surface area contributed by atoms with Crippen molar-refractivity contribution in [1.29, 1.82) is 0 Å². The lowest BCUT2D eigenvalue weighted by Crippen LogP contribution is -2.61. The standard InChI is InChI=1S/C24H30O5/c1-22-9-7-19-20(4-3-16-12-17(26)6-10-23(16,19)14-25)24(22,28)11-8-18(22)15-2-5-21(27)29-13-15/h2,5,12-14,17-20,26,28H,3-4,6-11H2,1H3. The highest BCUT2D eigenvalue weighted by atomic mass is 16.4. The summed E-state index contributed by atoms with van der Waals surface area (Å²) < 4.78 is 5.13. The van der Waals surface area contributed by atoms with Crippen molar-refractivity contribution < 1.29 is 19.4 Å². The number of hydrogen-bond donors (Lipinski definition) is 2. The van der Waals surface area contributed by atoms with E-state index in [0.29, 0.717) is 19.3 Å². The zero-order valence-electron chi connectivity index (χ0n) is 17.0. The van der Waals surface area contributed by atoms with Gasteiger partial charge in [0.05, 0.1) is 23.4 Å². The molecule has 1 aromatic heterocycles. The highest BCUT2D eigenvalue weighted by Gasteiger charge is 2.67. The van der Waals surface area contributed by atoms with Crippen molar-refractivity contribution in [1.82, 2.24) is 0 Å². The van der Waals surface area contributed by atoms with Gasteiger partial charge in [0.15, 0.2) is 0 Å². The molecule has 29 heavy (non-hydrogen) atoms. The number of hydrogen-bond acceptors (Lipinski definition) is 5. The van der Waals surface area contributed by atoms with Gasteiger partial charge in [0.1, 0.15) is 6.29 Å². The largest absolute Gasteiger partial charge is 0.431 e.